The Morgan fingerprint density at radius 3 is 2.37 bits per heavy atom. The molecule has 0 radical (unpaired) electrons. The molecule has 2 rings (SSSR count). The van der Waals surface area contributed by atoms with Crippen LogP contribution in [0.5, 0.6) is 0 Å². The van der Waals surface area contributed by atoms with E-state index in [0.717, 1.165) is 12.8 Å². The van der Waals surface area contributed by atoms with E-state index >= 15 is 0 Å². The number of nitrogens with zero attached hydrogens (tertiary/aromatic N) is 1. The lowest BCUT2D eigenvalue weighted by Crippen LogP contribution is -2.54. The first-order chi connectivity index (χ1) is 13.0. The van der Waals surface area contributed by atoms with Gasteiger partial charge in [0.2, 0.25) is 5.91 Å². The number of carbonyl (C=O) groups excluding carboxylic acids is 2. The van der Waals surface area contributed by atoms with Crippen molar-refractivity contribution >= 4 is 11.9 Å². The number of urea groups is 1. The molecule has 0 spiro atoms. The summed E-state index contributed by atoms with van der Waals surface area (Å²) in [6.07, 6.45) is 2.39. The van der Waals surface area contributed by atoms with Gasteiger partial charge in [0.05, 0.1) is 13.2 Å². The van der Waals surface area contributed by atoms with E-state index in [2.05, 4.69) is 36.6 Å². The first-order valence-electron chi connectivity index (χ1n) is 9.93. The molecular weight excluding hydrogens is 342 g/mol. The van der Waals surface area contributed by atoms with E-state index in [4.69, 9.17) is 4.74 Å². The number of amides is 3. The quantitative estimate of drug-likeness (QED) is 0.734. The van der Waals surface area contributed by atoms with Crippen LogP contribution in [0.2, 0.25) is 0 Å². The molecule has 3 amide bonds. The molecule has 0 saturated carbocycles. The lowest BCUT2D eigenvalue weighted by molar-refractivity contribution is -0.124. The summed E-state index contributed by atoms with van der Waals surface area (Å²) in [4.78, 5) is 26.9. The molecular formula is C21H33N3O3. The molecule has 27 heavy (non-hydrogen) atoms. The molecule has 1 aromatic carbocycles. The normalized spacial score (nSPS) is 16.7. The zero-order valence-corrected chi connectivity index (χ0v) is 16.7. The number of morpholine rings is 1. The molecule has 0 aromatic heterocycles. The fraction of sp³-hybridized carbons (Fsp3) is 0.619. The number of aryl methyl sites for hydroxylation is 1. The van der Waals surface area contributed by atoms with E-state index < -0.39 is 6.04 Å². The molecule has 150 valence electrons. The Bertz CT molecular complexity index is 586. The second kappa shape index (κ2) is 10.9. The highest BCUT2D eigenvalue weighted by atomic mass is 16.5. The van der Waals surface area contributed by atoms with Crippen LogP contribution in [0, 0.1) is 5.92 Å². The maximum Gasteiger partial charge on any atom is 0.318 e. The number of carbonyl (C=O) groups is 2. The van der Waals surface area contributed by atoms with Gasteiger partial charge in [-0.25, -0.2) is 4.79 Å². The molecule has 6 nitrogen and oxygen atoms in total. The Morgan fingerprint density at radius 2 is 1.74 bits per heavy atom. The summed E-state index contributed by atoms with van der Waals surface area (Å²) in [5.74, 6) is 0.205. The van der Waals surface area contributed by atoms with Gasteiger partial charge >= 0.3 is 6.03 Å². The van der Waals surface area contributed by atoms with Gasteiger partial charge in [-0.15, -0.1) is 0 Å². The summed E-state index contributed by atoms with van der Waals surface area (Å²) >= 11 is 0. The maximum absolute atomic E-state index is 12.7. The van der Waals surface area contributed by atoms with Gasteiger partial charge in [0.15, 0.2) is 0 Å². The summed E-state index contributed by atoms with van der Waals surface area (Å²) in [5.41, 5.74) is 1.26. The number of hydrogen-bond acceptors (Lipinski definition) is 3. The molecule has 1 heterocycles. The standard InChI is InChI=1S/C21H33N3O3/c1-16(2)15-19(23-21(26)24-11-13-27-14-12-24)20(25)22-17(3)9-10-18-7-5-4-6-8-18/h4-8,16-17,19H,9-15H2,1-3H3,(H,22,25)(H,23,26)/t17-,19+/m1/s1. The van der Waals surface area contributed by atoms with Crippen LogP contribution in [0.1, 0.15) is 39.2 Å². The minimum absolute atomic E-state index is 0.0488. The molecule has 2 atom stereocenters. The van der Waals surface area contributed by atoms with Crippen molar-refractivity contribution in [2.75, 3.05) is 26.3 Å². The van der Waals surface area contributed by atoms with E-state index in [0.29, 0.717) is 38.6 Å². The fourth-order valence-corrected chi connectivity index (χ4v) is 3.15. The van der Waals surface area contributed by atoms with Crippen LogP contribution < -0.4 is 10.6 Å². The summed E-state index contributed by atoms with van der Waals surface area (Å²) in [6.45, 7) is 8.34. The van der Waals surface area contributed by atoms with Crippen LogP contribution in [-0.4, -0.2) is 55.2 Å². The maximum atomic E-state index is 12.7. The van der Waals surface area contributed by atoms with Gasteiger partial charge in [-0.3, -0.25) is 4.79 Å². The lowest BCUT2D eigenvalue weighted by Gasteiger charge is -2.30. The minimum atomic E-state index is -0.514. The Labute approximate surface area is 162 Å². The SMILES string of the molecule is CC(C)C[C@H](NC(=O)N1CCOCC1)C(=O)N[C@H](C)CCc1ccccc1. The smallest absolute Gasteiger partial charge is 0.318 e. The van der Waals surface area contributed by atoms with E-state index in [1.165, 1.54) is 5.56 Å². The predicted molar refractivity (Wildman–Crippen MR) is 107 cm³/mol. The molecule has 0 unspecified atom stereocenters. The van der Waals surface area contributed by atoms with Gasteiger partial charge in [0.25, 0.3) is 0 Å². The number of hydrogen-bond donors (Lipinski definition) is 2. The van der Waals surface area contributed by atoms with Crippen molar-refractivity contribution in [3.8, 4) is 0 Å². The highest BCUT2D eigenvalue weighted by Gasteiger charge is 2.26. The van der Waals surface area contributed by atoms with Gasteiger partial charge in [0, 0.05) is 19.1 Å². The zero-order chi connectivity index (χ0) is 19.6. The van der Waals surface area contributed by atoms with E-state index in [1.807, 2.05) is 25.1 Å². The Kier molecular flexibility index (Phi) is 8.58. The molecule has 1 saturated heterocycles. The molecule has 2 N–H and O–H groups in total. The second-order valence-corrected chi connectivity index (χ2v) is 7.66. The molecule has 1 aromatic rings. The first-order valence-corrected chi connectivity index (χ1v) is 9.93. The Morgan fingerprint density at radius 1 is 1.07 bits per heavy atom. The first kappa shape index (κ1) is 21.2. The van der Waals surface area contributed by atoms with Gasteiger partial charge in [-0.05, 0) is 37.7 Å². The average molecular weight is 376 g/mol. The average Bonchev–Trinajstić information content (AvgIpc) is 2.67. The van der Waals surface area contributed by atoms with Gasteiger partial charge < -0.3 is 20.3 Å². The summed E-state index contributed by atoms with van der Waals surface area (Å²) in [5, 5.41) is 5.98. The van der Waals surface area contributed by atoms with Crippen molar-refractivity contribution in [2.24, 2.45) is 5.92 Å². The zero-order valence-electron chi connectivity index (χ0n) is 16.7. The third kappa shape index (κ3) is 7.59. The third-order valence-corrected chi connectivity index (χ3v) is 4.72. The number of rotatable bonds is 8. The van der Waals surface area contributed by atoms with Crippen LogP contribution in [0.15, 0.2) is 30.3 Å². The predicted octanol–water partition coefficient (Wildman–Crippen LogP) is 2.58. The topological polar surface area (TPSA) is 70.7 Å². The Balaban J connectivity index is 1.85. The van der Waals surface area contributed by atoms with Crippen LogP contribution in [0.3, 0.4) is 0 Å². The molecule has 0 bridgehead atoms. The summed E-state index contributed by atoms with van der Waals surface area (Å²) in [7, 11) is 0. The van der Waals surface area contributed by atoms with E-state index in [9.17, 15) is 9.59 Å². The number of ether oxygens (including phenoxy) is 1. The largest absolute Gasteiger partial charge is 0.378 e. The van der Waals surface area contributed by atoms with Crippen molar-refractivity contribution in [2.45, 2.75) is 52.1 Å². The van der Waals surface area contributed by atoms with Crippen molar-refractivity contribution in [1.29, 1.82) is 0 Å². The molecule has 6 heteroatoms. The monoisotopic (exact) mass is 375 g/mol. The van der Waals surface area contributed by atoms with Crippen LogP contribution in [0.25, 0.3) is 0 Å². The number of benzene rings is 1. The van der Waals surface area contributed by atoms with Crippen molar-refractivity contribution in [3.05, 3.63) is 35.9 Å². The van der Waals surface area contributed by atoms with E-state index in [1.54, 1.807) is 4.90 Å². The highest BCUT2D eigenvalue weighted by molar-refractivity contribution is 5.87. The van der Waals surface area contributed by atoms with Gasteiger partial charge in [-0.2, -0.15) is 0 Å². The summed E-state index contributed by atoms with van der Waals surface area (Å²) in [6, 6.07) is 9.60. The molecule has 1 fully saturated rings. The minimum Gasteiger partial charge on any atom is -0.378 e. The van der Waals surface area contributed by atoms with Crippen molar-refractivity contribution < 1.29 is 14.3 Å². The fourth-order valence-electron chi connectivity index (χ4n) is 3.15. The molecule has 1 aliphatic rings. The van der Waals surface area contributed by atoms with Crippen LogP contribution in [-0.2, 0) is 16.0 Å². The third-order valence-electron chi connectivity index (χ3n) is 4.72. The van der Waals surface area contributed by atoms with Crippen LogP contribution in [0.4, 0.5) is 4.79 Å². The number of nitrogens with one attached hydrogen (secondary N) is 2. The summed E-state index contributed by atoms with van der Waals surface area (Å²) < 4.78 is 5.28. The Hall–Kier alpha value is -2.08. The second-order valence-electron chi connectivity index (χ2n) is 7.66. The van der Waals surface area contributed by atoms with Gasteiger partial charge in [0.1, 0.15) is 6.04 Å². The lowest BCUT2D eigenvalue weighted by atomic mass is 10.0. The van der Waals surface area contributed by atoms with E-state index in [-0.39, 0.29) is 18.0 Å². The van der Waals surface area contributed by atoms with Crippen LogP contribution >= 0.6 is 0 Å². The molecule has 0 aliphatic carbocycles. The van der Waals surface area contributed by atoms with Crippen molar-refractivity contribution in [1.82, 2.24) is 15.5 Å². The van der Waals surface area contributed by atoms with Gasteiger partial charge in [-0.1, -0.05) is 44.2 Å². The molecule has 1 aliphatic heterocycles. The van der Waals surface area contributed by atoms with Crippen molar-refractivity contribution in [3.63, 3.8) is 0 Å². The highest BCUT2D eigenvalue weighted by Crippen LogP contribution is 2.09.